The minimum absolute atomic E-state index is 0.153. The van der Waals surface area contributed by atoms with Gasteiger partial charge >= 0.3 is 0 Å². The van der Waals surface area contributed by atoms with Crippen LogP contribution in [0.1, 0.15) is 15.9 Å². The molecule has 0 bridgehead atoms. The van der Waals surface area contributed by atoms with Gasteiger partial charge in [0.15, 0.2) is 6.29 Å². The monoisotopic (exact) mass is 231 g/mol. The smallest absolute Gasteiger partial charge is 0.153 e. The van der Waals surface area contributed by atoms with Gasteiger partial charge in [0.2, 0.25) is 0 Å². The number of halogens is 2. The Morgan fingerprint density at radius 2 is 2.25 bits per heavy atom. The van der Waals surface area contributed by atoms with Crippen molar-refractivity contribution in [2.75, 3.05) is 5.73 Å². The molecule has 2 N–H and O–H groups in total. The van der Waals surface area contributed by atoms with Gasteiger partial charge in [0.05, 0.1) is 5.56 Å². The van der Waals surface area contributed by atoms with Crippen LogP contribution in [0.4, 0.5) is 10.1 Å². The van der Waals surface area contributed by atoms with Crippen molar-refractivity contribution in [3.63, 3.8) is 0 Å². The van der Waals surface area contributed by atoms with E-state index in [9.17, 15) is 9.18 Å². The van der Waals surface area contributed by atoms with E-state index in [1.54, 1.807) is 6.92 Å². The number of aldehydes is 1. The SMILES string of the molecule is Cc1c(F)cc(N)c(C=O)c1Br. The second-order valence-electron chi connectivity index (χ2n) is 2.42. The van der Waals surface area contributed by atoms with Gasteiger partial charge in [-0.3, -0.25) is 4.79 Å². The summed E-state index contributed by atoms with van der Waals surface area (Å²) >= 11 is 3.09. The Labute approximate surface area is 77.7 Å². The molecule has 1 aromatic carbocycles. The maximum atomic E-state index is 12.9. The Kier molecular flexibility index (Phi) is 2.47. The molecule has 12 heavy (non-hydrogen) atoms. The molecule has 4 heteroatoms. The molecule has 0 aliphatic heterocycles. The lowest BCUT2D eigenvalue weighted by molar-refractivity contribution is 0.112. The molecule has 0 atom stereocenters. The third-order valence-corrected chi connectivity index (χ3v) is 2.66. The summed E-state index contributed by atoms with van der Waals surface area (Å²) < 4.78 is 13.4. The first-order valence-corrected chi connectivity index (χ1v) is 4.06. The quantitative estimate of drug-likeness (QED) is 0.596. The average molecular weight is 232 g/mol. The zero-order valence-corrected chi connectivity index (χ0v) is 7.98. The average Bonchev–Trinajstić information content (AvgIpc) is 2.01. The molecule has 0 spiro atoms. The van der Waals surface area contributed by atoms with Gasteiger partial charge in [-0.05, 0) is 34.5 Å². The summed E-state index contributed by atoms with van der Waals surface area (Å²) in [6.07, 6.45) is 0.603. The molecule has 0 saturated heterocycles. The molecule has 0 amide bonds. The van der Waals surface area contributed by atoms with Crippen LogP contribution in [0.5, 0.6) is 0 Å². The van der Waals surface area contributed by atoms with E-state index < -0.39 is 5.82 Å². The number of hydrogen-bond acceptors (Lipinski definition) is 2. The normalized spacial score (nSPS) is 9.92. The summed E-state index contributed by atoms with van der Waals surface area (Å²) in [6.45, 7) is 1.58. The molecule has 0 saturated carbocycles. The first kappa shape index (κ1) is 9.19. The second-order valence-corrected chi connectivity index (χ2v) is 3.21. The van der Waals surface area contributed by atoms with Crippen molar-refractivity contribution in [2.45, 2.75) is 6.92 Å². The van der Waals surface area contributed by atoms with Gasteiger partial charge in [-0.2, -0.15) is 0 Å². The highest BCUT2D eigenvalue weighted by molar-refractivity contribution is 9.10. The Balaban J connectivity index is 3.51. The minimum atomic E-state index is -0.412. The number of carbonyl (C=O) groups excluding carboxylic acids is 1. The zero-order chi connectivity index (χ0) is 9.30. The summed E-state index contributed by atoms with van der Waals surface area (Å²) in [5, 5.41) is 0. The van der Waals surface area contributed by atoms with Crippen LogP contribution in [0.2, 0.25) is 0 Å². The fourth-order valence-corrected chi connectivity index (χ4v) is 1.39. The molecule has 0 unspecified atom stereocenters. The Bertz CT molecular complexity index is 338. The summed E-state index contributed by atoms with van der Waals surface area (Å²) in [5.74, 6) is -0.412. The van der Waals surface area contributed by atoms with Gasteiger partial charge in [-0.25, -0.2) is 4.39 Å². The molecule has 64 valence electrons. The summed E-state index contributed by atoms with van der Waals surface area (Å²) in [5.41, 5.74) is 6.25. The van der Waals surface area contributed by atoms with Crippen LogP contribution in [0.15, 0.2) is 10.5 Å². The van der Waals surface area contributed by atoms with E-state index in [1.165, 1.54) is 0 Å². The van der Waals surface area contributed by atoms with E-state index in [2.05, 4.69) is 15.9 Å². The standard InChI is InChI=1S/C8H7BrFNO/c1-4-6(10)2-7(11)5(3-12)8(4)9/h2-3H,11H2,1H3. The zero-order valence-electron chi connectivity index (χ0n) is 6.40. The number of hydrogen-bond donors (Lipinski definition) is 1. The van der Waals surface area contributed by atoms with Crippen molar-refractivity contribution in [2.24, 2.45) is 0 Å². The fraction of sp³-hybridized carbons (Fsp3) is 0.125. The van der Waals surface area contributed by atoms with Crippen LogP contribution < -0.4 is 5.73 Å². The predicted molar refractivity (Wildman–Crippen MR) is 48.6 cm³/mol. The van der Waals surface area contributed by atoms with Gasteiger partial charge in [0.1, 0.15) is 5.82 Å². The maximum Gasteiger partial charge on any atom is 0.153 e. The van der Waals surface area contributed by atoms with Gasteiger partial charge in [-0.15, -0.1) is 0 Å². The molecular weight excluding hydrogens is 225 g/mol. The van der Waals surface area contributed by atoms with Gasteiger partial charge in [0.25, 0.3) is 0 Å². The summed E-state index contributed by atoms with van der Waals surface area (Å²) in [4.78, 5) is 10.5. The maximum absolute atomic E-state index is 12.9. The summed E-state index contributed by atoms with van der Waals surface area (Å²) in [6, 6.07) is 1.14. The number of nitrogen functional groups attached to an aromatic ring is 1. The molecule has 0 aromatic heterocycles. The van der Waals surface area contributed by atoms with E-state index in [0.717, 1.165) is 6.07 Å². The second kappa shape index (κ2) is 3.23. The van der Waals surface area contributed by atoms with Gasteiger partial charge in [-0.1, -0.05) is 0 Å². The van der Waals surface area contributed by atoms with Crippen molar-refractivity contribution in [3.8, 4) is 0 Å². The van der Waals surface area contributed by atoms with Crippen molar-refractivity contribution in [3.05, 3.63) is 27.5 Å². The number of carbonyl (C=O) groups is 1. The molecule has 0 fully saturated rings. The molecular formula is C8H7BrFNO. The van der Waals surface area contributed by atoms with E-state index in [4.69, 9.17) is 5.73 Å². The number of anilines is 1. The van der Waals surface area contributed by atoms with Gasteiger partial charge < -0.3 is 5.73 Å². The third-order valence-electron chi connectivity index (χ3n) is 1.64. The van der Waals surface area contributed by atoms with Crippen LogP contribution in [0.25, 0.3) is 0 Å². The van der Waals surface area contributed by atoms with Crippen LogP contribution in [-0.4, -0.2) is 6.29 Å². The number of benzene rings is 1. The van der Waals surface area contributed by atoms with E-state index >= 15 is 0 Å². The van der Waals surface area contributed by atoms with Crippen LogP contribution >= 0.6 is 15.9 Å². The lowest BCUT2D eigenvalue weighted by atomic mass is 10.1. The number of nitrogens with two attached hydrogens (primary N) is 1. The van der Waals surface area contributed by atoms with E-state index in [0.29, 0.717) is 21.9 Å². The lowest BCUT2D eigenvalue weighted by Gasteiger charge is -2.05. The highest BCUT2D eigenvalue weighted by Crippen LogP contribution is 2.27. The molecule has 2 nitrogen and oxygen atoms in total. The molecule has 1 rings (SSSR count). The highest BCUT2D eigenvalue weighted by Gasteiger charge is 2.10. The third kappa shape index (κ3) is 1.34. The molecule has 0 aliphatic rings. The Morgan fingerprint density at radius 3 is 2.75 bits per heavy atom. The van der Waals surface area contributed by atoms with Crippen LogP contribution in [-0.2, 0) is 0 Å². The van der Waals surface area contributed by atoms with E-state index in [1.807, 2.05) is 0 Å². The van der Waals surface area contributed by atoms with Gasteiger partial charge in [0, 0.05) is 10.2 Å². The lowest BCUT2D eigenvalue weighted by Crippen LogP contribution is -1.98. The molecule has 0 radical (unpaired) electrons. The van der Waals surface area contributed by atoms with Crippen molar-refractivity contribution >= 4 is 27.9 Å². The highest BCUT2D eigenvalue weighted by atomic mass is 79.9. The van der Waals surface area contributed by atoms with Crippen LogP contribution in [0.3, 0.4) is 0 Å². The minimum Gasteiger partial charge on any atom is -0.398 e. The van der Waals surface area contributed by atoms with Crippen molar-refractivity contribution < 1.29 is 9.18 Å². The topological polar surface area (TPSA) is 43.1 Å². The van der Waals surface area contributed by atoms with E-state index in [-0.39, 0.29) is 5.69 Å². The predicted octanol–water partition coefficient (Wildman–Crippen LogP) is 2.29. The summed E-state index contributed by atoms with van der Waals surface area (Å²) in [7, 11) is 0. The van der Waals surface area contributed by atoms with Crippen molar-refractivity contribution in [1.29, 1.82) is 0 Å². The number of rotatable bonds is 1. The fourth-order valence-electron chi connectivity index (χ4n) is 0.876. The Hall–Kier alpha value is -0.900. The Morgan fingerprint density at radius 1 is 1.67 bits per heavy atom. The largest absolute Gasteiger partial charge is 0.398 e. The van der Waals surface area contributed by atoms with Crippen LogP contribution in [0, 0.1) is 12.7 Å². The molecule has 1 aromatic rings. The van der Waals surface area contributed by atoms with Crippen molar-refractivity contribution in [1.82, 2.24) is 0 Å². The first-order valence-electron chi connectivity index (χ1n) is 3.27. The molecule has 0 heterocycles. The molecule has 0 aliphatic carbocycles. The first-order chi connectivity index (χ1) is 5.57.